The molecule has 0 amide bonds. The third kappa shape index (κ3) is 3.09. The van der Waals surface area contributed by atoms with E-state index >= 15 is 0 Å². The second kappa shape index (κ2) is 6.30. The molecule has 0 aliphatic carbocycles. The number of ether oxygens (including phenoxy) is 1. The number of benzene rings is 1. The van der Waals surface area contributed by atoms with Crippen LogP contribution in [0.5, 0.6) is 0 Å². The number of aromatic nitrogens is 2. The van der Waals surface area contributed by atoms with Crippen LogP contribution >= 0.6 is 0 Å². The van der Waals surface area contributed by atoms with Gasteiger partial charge in [-0.3, -0.25) is 0 Å². The lowest BCUT2D eigenvalue weighted by molar-refractivity contribution is 0.00578. The highest BCUT2D eigenvalue weighted by Crippen LogP contribution is 2.36. The Kier molecular flexibility index (Phi) is 4.22. The first-order valence-corrected chi connectivity index (χ1v) is 8.92. The monoisotopic (exact) mass is 350 g/mol. The topological polar surface area (TPSA) is 53.5 Å². The van der Waals surface area contributed by atoms with Crippen LogP contribution in [0.25, 0.3) is 17.0 Å². The zero-order valence-electron chi connectivity index (χ0n) is 15.7. The van der Waals surface area contributed by atoms with E-state index in [1.807, 2.05) is 30.3 Å². The smallest absolute Gasteiger partial charge is 0.399 e. The number of hydrogen-bond donors (Lipinski definition) is 0. The Labute approximate surface area is 154 Å². The van der Waals surface area contributed by atoms with Gasteiger partial charge in [0.15, 0.2) is 5.82 Å². The summed E-state index contributed by atoms with van der Waals surface area (Å²) in [6, 6.07) is 9.97. The second-order valence-corrected chi connectivity index (χ2v) is 7.72. The quantitative estimate of drug-likeness (QED) is 0.797. The van der Waals surface area contributed by atoms with Crippen molar-refractivity contribution in [2.24, 2.45) is 0 Å². The number of nitrogens with zero attached hydrogens (tertiary/aromatic N) is 2. The SMILES string of the molecule is CC1(C)OB(c2cccc(-c3nccc(C4=CCOC4)n3)c2)OC1(C)C. The summed E-state index contributed by atoms with van der Waals surface area (Å²) in [6.45, 7) is 9.47. The van der Waals surface area contributed by atoms with Gasteiger partial charge in [0.2, 0.25) is 0 Å². The third-order valence-electron chi connectivity index (χ3n) is 5.36. The van der Waals surface area contributed by atoms with Crippen molar-refractivity contribution in [2.75, 3.05) is 13.2 Å². The summed E-state index contributed by atoms with van der Waals surface area (Å²) >= 11 is 0. The largest absolute Gasteiger partial charge is 0.494 e. The van der Waals surface area contributed by atoms with Gasteiger partial charge in [0.05, 0.1) is 30.1 Å². The highest BCUT2D eigenvalue weighted by atomic mass is 16.7. The van der Waals surface area contributed by atoms with Gasteiger partial charge in [-0.25, -0.2) is 9.97 Å². The predicted octanol–water partition coefficient (Wildman–Crippen LogP) is 2.86. The maximum absolute atomic E-state index is 6.16. The van der Waals surface area contributed by atoms with Gasteiger partial charge in [-0.2, -0.15) is 0 Å². The van der Waals surface area contributed by atoms with Crippen LogP contribution in [0, 0.1) is 0 Å². The van der Waals surface area contributed by atoms with Crippen molar-refractivity contribution >= 4 is 18.2 Å². The van der Waals surface area contributed by atoms with Crippen LogP contribution in [-0.4, -0.2) is 41.5 Å². The molecule has 0 saturated carbocycles. The van der Waals surface area contributed by atoms with E-state index in [4.69, 9.17) is 19.0 Å². The minimum atomic E-state index is -0.394. The van der Waals surface area contributed by atoms with Gasteiger partial charge < -0.3 is 14.0 Å². The zero-order valence-corrected chi connectivity index (χ0v) is 15.7. The molecule has 3 heterocycles. The summed E-state index contributed by atoms with van der Waals surface area (Å²) < 4.78 is 17.7. The van der Waals surface area contributed by atoms with E-state index in [2.05, 4.69) is 38.8 Å². The molecule has 6 heteroatoms. The molecule has 0 N–H and O–H groups in total. The van der Waals surface area contributed by atoms with Gasteiger partial charge >= 0.3 is 7.12 Å². The molecule has 1 aromatic carbocycles. The van der Waals surface area contributed by atoms with E-state index in [-0.39, 0.29) is 11.2 Å². The predicted molar refractivity (Wildman–Crippen MR) is 102 cm³/mol. The molecule has 0 bridgehead atoms. The molecule has 26 heavy (non-hydrogen) atoms. The maximum Gasteiger partial charge on any atom is 0.494 e. The fourth-order valence-electron chi connectivity index (χ4n) is 3.05. The van der Waals surface area contributed by atoms with Crippen molar-refractivity contribution in [3.8, 4) is 11.4 Å². The van der Waals surface area contributed by atoms with E-state index < -0.39 is 7.12 Å². The molecule has 0 spiro atoms. The third-order valence-corrected chi connectivity index (χ3v) is 5.36. The van der Waals surface area contributed by atoms with Crippen LogP contribution in [0.4, 0.5) is 0 Å². The lowest BCUT2D eigenvalue weighted by Crippen LogP contribution is -2.41. The highest BCUT2D eigenvalue weighted by Gasteiger charge is 2.51. The summed E-state index contributed by atoms with van der Waals surface area (Å²) in [5.74, 6) is 0.689. The van der Waals surface area contributed by atoms with Gasteiger partial charge in [-0.05, 0) is 39.2 Å². The normalized spacial score (nSPS) is 21.1. The molecule has 2 aliphatic rings. The Hall–Kier alpha value is -2.02. The maximum atomic E-state index is 6.16. The van der Waals surface area contributed by atoms with Crippen molar-refractivity contribution in [1.82, 2.24) is 9.97 Å². The van der Waals surface area contributed by atoms with Gasteiger partial charge in [0, 0.05) is 17.3 Å². The molecule has 0 atom stereocenters. The molecule has 5 nitrogen and oxygen atoms in total. The standard InChI is InChI=1S/C20H23BN2O3/c1-19(2)20(3,4)26-21(25-19)16-7-5-6-14(12-16)18-22-10-8-17(23-18)15-9-11-24-13-15/h5-10,12H,11,13H2,1-4H3. The summed E-state index contributed by atoms with van der Waals surface area (Å²) in [7, 11) is -0.394. The van der Waals surface area contributed by atoms with E-state index in [9.17, 15) is 0 Å². The van der Waals surface area contributed by atoms with E-state index in [1.54, 1.807) is 6.20 Å². The molecule has 0 radical (unpaired) electrons. The van der Waals surface area contributed by atoms with Crippen molar-refractivity contribution in [3.05, 3.63) is 48.3 Å². The average molecular weight is 350 g/mol. The van der Waals surface area contributed by atoms with Crippen LogP contribution in [0.3, 0.4) is 0 Å². The molecular formula is C20H23BN2O3. The van der Waals surface area contributed by atoms with Crippen LogP contribution in [0.2, 0.25) is 0 Å². The lowest BCUT2D eigenvalue weighted by atomic mass is 9.78. The zero-order chi connectivity index (χ0) is 18.4. The first-order chi connectivity index (χ1) is 12.4. The van der Waals surface area contributed by atoms with Gasteiger partial charge in [-0.1, -0.05) is 30.3 Å². The molecule has 0 unspecified atom stereocenters. The molecule has 1 fully saturated rings. The lowest BCUT2D eigenvalue weighted by Gasteiger charge is -2.32. The van der Waals surface area contributed by atoms with Crippen molar-refractivity contribution in [2.45, 2.75) is 38.9 Å². The first-order valence-electron chi connectivity index (χ1n) is 8.92. The Bertz CT molecular complexity index is 848. The van der Waals surface area contributed by atoms with E-state index in [1.165, 1.54) is 0 Å². The van der Waals surface area contributed by atoms with Crippen LogP contribution < -0.4 is 5.46 Å². The molecule has 1 aromatic heterocycles. The highest BCUT2D eigenvalue weighted by molar-refractivity contribution is 6.62. The van der Waals surface area contributed by atoms with Gasteiger partial charge in [-0.15, -0.1) is 0 Å². The average Bonchev–Trinajstić information content (AvgIpc) is 3.22. The molecule has 1 saturated heterocycles. The Morgan fingerprint density at radius 3 is 2.50 bits per heavy atom. The second-order valence-electron chi connectivity index (χ2n) is 7.72. The van der Waals surface area contributed by atoms with Crippen LogP contribution in [0.15, 0.2) is 42.6 Å². The van der Waals surface area contributed by atoms with Crippen LogP contribution in [0.1, 0.15) is 33.4 Å². The first kappa shape index (κ1) is 17.4. The summed E-state index contributed by atoms with van der Waals surface area (Å²) in [4.78, 5) is 9.15. The van der Waals surface area contributed by atoms with Crippen molar-refractivity contribution < 1.29 is 14.0 Å². The molecule has 134 valence electrons. The van der Waals surface area contributed by atoms with Gasteiger partial charge in [0.1, 0.15) is 0 Å². The Morgan fingerprint density at radius 1 is 1.04 bits per heavy atom. The van der Waals surface area contributed by atoms with E-state index in [0.717, 1.165) is 22.3 Å². The summed E-state index contributed by atoms with van der Waals surface area (Å²) in [5.41, 5.74) is 3.21. The van der Waals surface area contributed by atoms with Gasteiger partial charge in [0.25, 0.3) is 0 Å². The van der Waals surface area contributed by atoms with Crippen molar-refractivity contribution in [3.63, 3.8) is 0 Å². The Morgan fingerprint density at radius 2 is 1.81 bits per heavy atom. The fourth-order valence-corrected chi connectivity index (χ4v) is 3.05. The van der Waals surface area contributed by atoms with Crippen LogP contribution in [-0.2, 0) is 14.0 Å². The molecule has 2 aromatic rings. The Balaban J connectivity index is 1.64. The van der Waals surface area contributed by atoms with E-state index in [0.29, 0.717) is 19.0 Å². The van der Waals surface area contributed by atoms with Crippen molar-refractivity contribution in [1.29, 1.82) is 0 Å². The molecular weight excluding hydrogens is 327 g/mol. The minimum absolute atomic E-state index is 0.362. The summed E-state index contributed by atoms with van der Waals surface area (Å²) in [5, 5.41) is 0. The summed E-state index contributed by atoms with van der Waals surface area (Å²) in [6.07, 6.45) is 3.85. The number of hydrogen-bond acceptors (Lipinski definition) is 5. The molecule has 4 rings (SSSR count). The molecule has 2 aliphatic heterocycles. The number of rotatable bonds is 3. The minimum Gasteiger partial charge on any atom is -0.399 e. The fraction of sp³-hybridized carbons (Fsp3) is 0.400.